The van der Waals surface area contributed by atoms with Crippen LogP contribution in [0.5, 0.6) is 0 Å². The first-order chi connectivity index (χ1) is 12.6. The Bertz CT molecular complexity index is 959. The van der Waals surface area contributed by atoms with Crippen LogP contribution in [0.15, 0.2) is 23.4 Å². The molecule has 0 aliphatic heterocycles. The molecule has 6 nitrogen and oxygen atoms in total. The second kappa shape index (κ2) is 7.19. The van der Waals surface area contributed by atoms with Crippen LogP contribution >= 0.6 is 11.8 Å². The number of aromatic amines is 1. The van der Waals surface area contributed by atoms with Crippen molar-refractivity contribution in [2.45, 2.75) is 43.8 Å². The van der Waals surface area contributed by atoms with Crippen molar-refractivity contribution in [1.29, 1.82) is 0 Å². The van der Waals surface area contributed by atoms with Gasteiger partial charge in [-0.2, -0.15) is 0 Å². The normalized spacial score (nSPS) is 20.5. The fraction of sp³-hybridized carbons (Fsp3) is 0.444. The number of rotatable bonds is 4. The zero-order valence-electron chi connectivity index (χ0n) is 14.5. The van der Waals surface area contributed by atoms with E-state index in [9.17, 15) is 9.18 Å². The molecule has 26 heavy (non-hydrogen) atoms. The molecule has 1 saturated carbocycles. The third-order valence-electron chi connectivity index (χ3n) is 4.95. The Kier molecular flexibility index (Phi) is 4.76. The predicted octanol–water partition coefficient (Wildman–Crippen LogP) is 3.43. The summed E-state index contributed by atoms with van der Waals surface area (Å²) in [4.78, 5) is 19.7. The van der Waals surface area contributed by atoms with Crippen LogP contribution in [0.4, 0.5) is 4.39 Å². The fourth-order valence-electron chi connectivity index (χ4n) is 3.50. The van der Waals surface area contributed by atoms with E-state index < -0.39 is 0 Å². The van der Waals surface area contributed by atoms with Crippen molar-refractivity contribution in [1.82, 2.24) is 25.5 Å². The number of nitrogens with one attached hydrogen (secondary N) is 2. The molecule has 2 unspecified atom stereocenters. The molecule has 3 aromatic rings. The lowest BCUT2D eigenvalue weighted by Crippen LogP contribution is -2.41. The molecule has 2 aromatic heterocycles. The standard InChI is InChI=1S/C18H20FN5OS/c1-10-4-2-3-5-13(10)20-15(25)9-26-18-22-17-16(23-24-18)12-8-11(19)6-7-14(12)21-17/h6-8,10,13H,2-5,9H2,1H3,(H,20,25)(H,21,22,24). The number of carbonyl (C=O) groups excluding carboxylic acids is 1. The topological polar surface area (TPSA) is 83.6 Å². The van der Waals surface area contributed by atoms with Crippen LogP contribution < -0.4 is 5.32 Å². The number of carbonyl (C=O) groups is 1. The Morgan fingerprint density at radius 1 is 1.35 bits per heavy atom. The number of nitrogens with zero attached hydrogens (tertiary/aromatic N) is 3. The third kappa shape index (κ3) is 3.51. The van der Waals surface area contributed by atoms with Gasteiger partial charge in [0, 0.05) is 16.9 Å². The van der Waals surface area contributed by atoms with E-state index in [1.807, 2.05) is 0 Å². The van der Waals surface area contributed by atoms with Crippen molar-refractivity contribution in [3.63, 3.8) is 0 Å². The van der Waals surface area contributed by atoms with E-state index in [4.69, 9.17) is 0 Å². The van der Waals surface area contributed by atoms with Gasteiger partial charge in [0.1, 0.15) is 11.3 Å². The van der Waals surface area contributed by atoms with Crippen LogP contribution in [-0.2, 0) is 4.79 Å². The van der Waals surface area contributed by atoms with Crippen LogP contribution in [0.3, 0.4) is 0 Å². The molecule has 0 radical (unpaired) electrons. The molecule has 0 spiro atoms. The van der Waals surface area contributed by atoms with Gasteiger partial charge in [0.2, 0.25) is 11.1 Å². The molecule has 1 amide bonds. The zero-order chi connectivity index (χ0) is 18.1. The molecule has 136 valence electrons. The first-order valence-electron chi connectivity index (χ1n) is 8.84. The quantitative estimate of drug-likeness (QED) is 0.685. The summed E-state index contributed by atoms with van der Waals surface area (Å²) in [5.74, 6) is 0.452. The van der Waals surface area contributed by atoms with Crippen molar-refractivity contribution < 1.29 is 9.18 Å². The van der Waals surface area contributed by atoms with E-state index >= 15 is 0 Å². The number of benzene rings is 1. The highest BCUT2D eigenvalue weighted by atomic mass is 32.2. The van der Waals surface area contributed by atoms with Gasteiger partial charge in [-0.15, -0.1) is 10.2 Å². The molecule has 0 saturated heterocycles. The van der Waals surface area contributed by atoms with Crippen LogP contribution in [0, 0.1) is 11.7 Å². The van der Waals surface area contributed by atoms with Crippen LogP contribution in [0.1, 0.15) is 32.6 Å². The molecule has 4 rings (SSSR count). The minimum atomic E-state index is -0.327. The van der Waals surface area contributed by atoms with Gasteiger partial charge in [0.15, 0.2) is 5.65 Å². The summed E-state index contributed by atoms with van der Waals surface area (Å²) in [7, 11) is 0. The minimum absolute atomic E-state index is 0.00355. The smallest absolute Gasteiger partial charge is 0.230 e. The molecule has 1 aliphatic carbocycles. The summed E-state index contributed by atoms with van der Waals surface area (Å²) in [6.07, 6.45) is 4.64. The van der Waals surface area contributed by atoms with Gasteiger partial charge in [-0.05, 0) is 37.0 Å². The molecule has 1 aliphatic rings. The molecular weight excluding hydrogens is 353 g/mol. The number of H-pyrrole nitrogens is 1. The molecule has 2 atom stereocenters. The Hall–Kier alpha value is -2.22. The summed E-state index contributed by atoms with van der Waals surface area (Å²) in [6, 6.07) is 4.72. The predicted molar refractivity (Wildman–Crippen MR) is 99.4 cm³/mol. The second-order valence-corrected chi connectivity index (χ2v) is 7.77. The molecular formula is C18H20FN5OS. The summed E-state index contributed by atoms with van der Waals surface area (Å²) in [6.45, 7) is 2.19. The average Bonchev–Trinajstić information content (AvgIpc) is 2.99. The van der Waals surface area contributed by atoms with Gasteiger partial charge in [0.25, 0.3) is 0 Å². The van der Waals surface area contributed by atoms with Gasteiger partial charge in [0.05, 0.1) is 5.75 Å². The molecule has 2 heterocycles. The van der Waals surface area contributed by atoms with E-state index in [-0.39, 0.29) is 23.5 Å². The van der Waals surface area contributed by atoms with Gasteiger partial charge >= 0.3 is 0 Å². The Morgan fingerprint density at radius 2 is 2.19 bits per heavy atom. The lowest BCUT2D eigenvalue weighted by molar-refractivity contribution is -0.119. The SMILES string of the molecule is CC1CCCCC1NC(=O)CSc1nnc2c(n1)[nH]c1ccc(F)cc12. The monoisotopic (exact) mass is 373 g/mol. The lowest BCUT2D eigenvalue weighted by Gasteiger charge is -2.29. The van der Waals surface area contributed by atoms with E-state index in [1.54, 1.807) is 6.07 Å². The minimum Gasteiger partial charge on any atom is -0.352 e. The number of halogens is 1. The fourth-order valence-corrected chi connectivity index (χ4v) is 4.10. The average molecular weight is 373 g/mol. The van der Waals surface area contributed by atoms with Gasteiger partial charge in [-0.25, -0.2) is 9.37 Å². The highest BCUT2D eigenvalue weighted by molar-refractivity contribution is 7.99. The third-order valence-corrected chi connectivity index (χ3v) is 5.78. The van der Waals surface area contributed by atoms with Crippen molar-refractivity contribution in [2.75, 3.05) is 5.75 Å². The maximum atomic E-state index is 13.4. The number of hydrogen-bond acceptors (Lipinski definition) is 5. The van der Waals surface area contributed by atoms with Gasteiger partial charge in [-0.1, -0.05) is 31.5 Å². The number of hydrogen-bond donors (Lipinski definition) is 2. The Labute approximate surface area is 154 Å². The van der Waals surface area contributed by atoms with Crippen LogP contribution in [0.2, 0.25) is 0 Å². The van der Waals surface area contributed by atoms with E-state index in [0.29, 0.717) is 27.6 Å². The maximum absolute atomic E-state index is 13.4. The molecule has 0 bridgehead atoms. The molecule has 8 heteroatoms. The maximum Gasteiger partial charge on any atom is 0.230 e. The van der Waals surface area contributed by atoms with Crippen molar-refractivity contribution in [3.8, 4) is 0 Å². The Balaban J connectivity index is 1.44. The molecule has 1 aromatic carbocycles. The number of aromatic nitrogens is 4. The highest BCUT2D eigenvalue weighted by Gasteiger charge is 2.22. The van der Waals surface area contributed by atoms with Crippen molar-refractivity contribution in [2.24, 2.45) is 5.92 Å². The zero-order valence-corrected chi connectivity index (χ0v) is 15.3. The van der Waals surface area contributed by atoms with Gasteiger partial charge in [-0.3, -0.25) is 4.79 Å². The molecule has 1 fully saturated rings. The summed E-state index contributed by atoms with van der Waals surface area (Å²) < 4.78 is 13.4. The lowest BCUT2D eigenvalue weighted by atomic mass is 9.86. The summed E-state index contributed by atoms with van der Waals surface area (Å²) in [5.41, 5.74) is 1.84. The van der Waals surface area contributed by atoms with Crippen LogP contribution in [-0.4, -0.2) is 37.9 Å². The summed E-state index contributed by atoms with van der Waals surface area (Å²) in [5, 5.41) is 12.4. The highest BCUT2D eigenvalue weighted by Crippen LogP contribution is 2.25. The summed E-state index contributed by atoms with van der Waals surface area (Å²) >= 11 is 1.26. The Morgan fingerprint density at radius 3 is 3.04 bits per heavy atom. The number of amides is 1. The first kappa shape index (κ1) is 17.2. The number of fused-ring (bicyclic) bond motifs is 3. The first-order valence-corrected chi connectivity index (χ1v) is 9.82. The largest absolute Gasteiger partial charge is 0.352 e. The van der Waals surface area contributed by atoms with E-state index in [0.717, 1.165) is 11.9 Å². The second-order valence-electron chi connectivity index (χ2n) is 6.83. The molecule has 2 N–H and O–H groups in total. The number of thioether (sulfide) groups is 1. The van der Waals surface area contributed by atoms with Gasteiger partial charge < -0.3 is 10.3 Å². The van der Waals surface area contributed by atoms with E-state index in [2.05, 4.69) is 32.4 Å². The van der Waals surface area contributed by atoms with Crippen molar-refractivity contribution in [3.05, 3.63) is 24.0 Å². The van der Waals surface area contributed by atoms with E-state index in [1.165, 1.54) is 43.2 Å². The van der Waals surface area contributed by atoms with Crippen LogP contribution in [0.25, 0.3) is 22.1 Å². The van der Waals surface area contributed by atoms with Crippen molar-refractivity contribution >= 4 is 39.7 Å².